The molecular formula is C17H22N2O4S2. The summed E-state index contributed by atoms with van der Waals surface area (Å²) in [6, 6.07) is 8.43. The van der Waals surface area contributed by atoms with Crippen molar-refractivity contribution in [2.45, 2.75) is 37.5 Å². The van der Waals surface area contributed by atoms with Crippen LogP contribution in [0.1, 0.15) is 48.6 Å². The Morgan fingerprint density at radius 1 is 1.28 bits per heavy atom. The van der Waals surface area contributed by atoms with Gasteiger partial charge in [-0.25, -0.2) is 4.99 Å². The zero-order valence-electron chi connectivity index (χ0n) is 13.8. The van der Waals surface area contributed by atoms with Crippen LogP contribution in [0, 0.1) is 0 Å². The molecule has 1 aromatic rings. The summed E-state index contributed by atoms with van der Waals surface area (Å²) in [5, 5.41) is 4.91. The number of carbonyl (C=O) groups excluding carboxylic acids is 1. The van der Waals surface area contributed by atoms with E-state index in [1.807, 2.05) is 6.07 Å². The fourth-order valence-electron chi connectivity index (χ4n) is 3.35. The van der Waals surface area contributed by atoms with Crippen LogP contribution in [0.3, 0.4) is 0 Å². The second-order valence-corrected chi connectivity index (χ2v) is 7.93. The predicted octanol–water partition coefficient (Wildman–Crippen LogP) is 2.53. The Kier molecular flexibility index (Phi) is 7.25. The van der Waals surface area contributed by atoms with E-state index < -0.39 is 15.9 Å². The number of fused-ring (bicyclic) bond motifs is 2. The van der Waals surface area contributed by atoms with Gasteiger partial charge >= 0.3 is 0 Å². The molecule has 2 unspecified atom stereocenters. The first-order valence-electron chi connectivity index (χ1n) is 8.26. The number of aliphatic imine (C=N–C) groups is 1. The Morgan fingerprint density at radius 3 is 2.60 bits per heavy atom. The van der Waals surface area contributed by atoms with Gasteiger partial charge in [-0.1, -0.05) is 24.3 Å². The van der Waals surface area contributed by atoms with Crippen LogP contribution in [0.2, 0.25) is 0 Å². The van der Waals surface area contributed by atoms with Gasteiger partial charge in [0.2, 0.25) is 5.91 Å². The van der Waals surface area contributed by atoms with E-state index in [0.29, 0.717) is 25.3 Å². The third-order valence-electron chi connectivity index (χ3n) is 4.47. The van der Waals surface area contributed by atoms with E-state index in [1.54, 1.807) is 0 Å². The van der Waals surface area contributed by atoms with Crippen LogP contribution in [0.5, 0.6) is 0 Å². The van der Waals surface area contributed by atoms with Crippen molar-refractivity contribution in [3.63, 3.8) is 0 Å². The standard InChI is InChI=1S/C17H22N2O4S2/c20-17(19-9-10-25(21,22)23)7-6-16-14-4-1-3-13(11-14)15(16)5-2-8-18-12-24/h1,3-4,11,15-16H,2,5-10H2,(H,19,20)(H,21,22,23). The van der Waals surface area contributed by atoms with Gasteiger partial charge in [-0.2, -0.15) is 8.42 Å². The Hall–Kier alpha value is -1.60. The lowest BCUT2D eigenvalue weighted by Crippen LogP contribution is -2.29. The maximum atomic E-state index is 11.9. The maximum Gasteiger partial charge on any atom is 0.266 e. The molecular weight excluding hydrogens is 360 g/mol. The van der Waals surface area contributed by atoms with Gasteiger partial charge in [-0.15, -0.1) is 0 Å². The molecule has 25 heavy (non-hydrogen) atoms. The van der Waals surface area contributed by atoms with Gasteiger partial charge in [0.1, 0.15) is 0 Å². The van der Waals surface area contributed by atoms with E-state index >= 15 is 0 Å². The van der Waals surface area contributed by atoms with Crippen LogP contribution in [0.25, 0.3) is 0 Å². The van der Waals surface area contributed by atoms with E-state index in [4.69, 9.17) is 4.55 Å². The second kappa shape index (κ2) is 9.20. The minimum atomic E-state index is -4.05. The largest absolute Gasteiger partial charge is 0.355 e. The monoisotopic (exact) mass is 382 g/mol. The SMILES string of the molecule is O=C(CCC1c2cccc(c2)C1CCCN=C=S)NCCS(=O)(=O)O. The molecule has 2 bridgehead atoms. The van der Waals surface area contributed by atoms with Crippen molar-refractivity contribution < 1.29 is 17.8 Å². The molecule has 2 N–H and O–H groups in total. The Labute approximate surface area is 153 Å². The zero-order chi connectivity index (χ0) is 18.3. The summed E-state index contributed by atoms with van der Waals surface area (Å²) in [7, 11) is -4.05. The van der Waals surface area contributed by atoms with Crippen molar-refractivity contribution in [3.8, 4) is 0 Å². The smallest absolute Gasteiger partial charge is 0.266 e. The van der Waals surface area contributed by atoms with Gasteiger partial charge in [0.15, 0.2) is 0 Å². The highest BCUT2D eigenvalue weighted by atomic mass is 32.2. The number of nitrogens with zero attached hydrogens (tertiary/aromatic N) is 1. The Morgan fingerprint density at radius 2 is 1.96 bits per heavy atom. The van der Waals surface area contributed by atoms with Crippen LogP contribution in [-0.2, 0) is 14.9 Å². The van der Waals surface area contributed by atoms with Crippen LogP contribution in [-0.4, -0.2) is 42.9 Å². The third-order valence-corrected chi connectivity index (χ3v) is 5.32. The summed E-state index contributed by atoms with van der Waals surface area (Å²) in [5.41, 5.74) is 2.53. The van der Waals surface area contributed by atoms with Crippen molar-refractivity contribution >= 4 is 33.4 Å². The molecule has 1 aliphatic rings. The quantitative estimate of drug-likeness (QED) is 0.281. The average Bonchev–Trinajstić information content (AvgIpc) is 2.78. The molecule has 0 aromatic heterocycles. The molecule has 0 saturated carbocycles. The molecule has 136 valence electrons. The highest BCUT2D eigenvalue weighted by molar-refractivity contribution is 7.85. The summed E-state index contributed by atoms with van der Waals surface area (Å²) < 4.78 is 30.0. The summed E-state index contributed by atoms with van der Waals surface area (Å²) >= 11 is 4.58. The van der Waals surface area contributed by atoms with E-state index in [2.05, 4.69) is 45.9 Å². The summed E-state index contributed by atoms with van der Waals surface area (Å²) in [6.45, 7) is 0.591. The van der Waals surface area contributed by atoms with Crippen molar-refractivity contribution in [2.75, 3.05) is 18.8 Å². The van der Waals surface area contributed by atoms with Crippen LogP contribution >= 0.6 is 12.2 Å². The van der Waals surface area contributed by atoms with Crippen LogP contribution in [0.4, 0.5) is 0 Å². The number of isothiocyanates is 1. The number of nitrogens with one attached hydrogen (secondary N) is 1. The molecule has 1 aliphatic carbocycles. The highest BCUT2D eigenvalue weighted by Gasteiger charge is 2.30. The maximum absolute atomic E-state index is 11.9. The van der Waals surface area contributed by atoms with Gasteiger partial charge in [-0.05, 0) is 54.4 Å². The number of hydrogen-bond donors (Lipinski definition) is 2. The van der Waals surface area contributed by atoms with E-state index in [9.17, 15) is 13.2 Å². The van der Waals surface area contributed by atoms with E-state index in [-0.39, 0.29) is 18.4 Å². The van der Waals surface area contributed by atoms with Crippen molar-refractivity contribution in [1.29, 1.82) is 0 Å². The number of thiocarbonyl (C=S) groups is 1. The summed E-state index contributed by atoms with van der Waals surface area (Å²) in [6.07, 6.45) is 2.92. The molecule has 0 fully saturated rings. The molecule has 0 aliphatic heterocycles. The number of hydrogen-bond acceptors (Lipinski definition) is 5. The minimum Gasteiger partial charge on any atom is -0.355 e. The fourth-order valence-corrected chi connectivity index (χ4v) is 3.80. The zero-order valence-corrected chi connectivity index (χ0v) is 15.5. The summed E-state index contributed by atoms with van der Waals surface area (Å²) in [5.74, 6) is -0.0103. The number of benzene rings is 1. The number of amides is 1. The first-order valence-corrected chi connectivity index (χ1v) is 10.3. The van der Waals surface area contributed by atoms with Crippen molar-refractivity contribution in [2.24, 2.45) is 4.99 Å². The normalized spacial score (nSPS) is 18.6. The molecule has 0 radical (unpaired) electrons. The van der Waals surface area contributed by atoms with Gasteiger partial charge in [0.25, 0.3) is 10.1 Å². The lowest BCUT2D eigenvalue weighted by atomic mass is 9.84. The Bertz CT molecular complexity index is 758. The molecule has 0 heterocycles. The number of rotatable bonds is 10. The minimum absolute atomic E-state index is 0.0743. The van der Waals surface area contributed by atoms with Crippen molar-refractivity contribution in [1.82, 2.24) is 5.32 Å². The lowest BCUT2D eigenvalue weighted by molar-refractivity contribution is -0.121. The molecule has 2 atom stereocenters. The van der Waals surface area contributed by atoms with Crippen LogP contribution < -0.4 is 5.32 Å². The first kappa shape index (κ1) is 19.7. The molecule has 2 rings (SSSR count). The van der Waals surface area contributed by atoms with E-state index in [1.165, 1.54) is 11.1 Å². The molecule has 6 nitrogen and oxygen atoms in total. The number of carbonyl (C=O) groups is 1. The molecule has 0 spiro atoms. The van der Waals surface area contributed by atoms with Gasteiger partial charge in [0, 0.05) is 19.5 Å². The molecule has 8 heteroatoms. The fraction of sp³-hybridized carbons (Fsp3) is 0.529. The molecule has 1 aromatic carbocycles. The highest BCUT2D eigenvalue weighted by Crippen LogP contribution is 2.45. The summed E-state index contributed by atoms with van der Waals surface area (Å²) in [4.78, 5) is 15.9. The lowest BCUT2D eigenvalue weighted by Gasteiger charge is -2.21. The van der Waals surface area contributed by atoms with Gasteiger partial charge in [-0.3, -0.25) is 9.35 Å². The second-order valence-electron chi connectivity index (χ2n) is 6.17. The molecule has 1 amide bonds. The van der Waals surface area contributed by atoms with Gasteiger partial charge < -0.3 is 5.32 Å². The first-order chi connectivity index (χ1) is 11.9. The van der Waals surface area contributed by atoms with Crippen molar-refractivity contribution in [3.05, 3.63) is 35.4 Å². The van der Waals surface area contributed by atoms with E-state index in [0.717, 1.165) is 12.8 Å². The third kappa shape index (κ3) is 6.32. The average molecular weight is 383 g/mol. The topological polar surface area (TPSA) is 95.8 Å². The molecule has 0 saturated heterocycles. The van der Waals surface area contributed by atoms with Crippen LogP contribution in [0.15, 0.2) is 29.3 Å². The Balaban J connectivity index is 1.85. The van der Waals surface area contributed by atoms with Gasteiger partial charge in [0.05, 0.1) is 10.9 Å². The predicted molar refractivity (Wildman–Crippen MR) is 99.7 cm³/mol.